The minimum Gasteiger partial charge on any atom is -0.495 e. The van der Waals surface area contributed by atoms with Crippen LogP contribution in [0.5, 0.6) is 5.75 Å². The summed E-state index contributed by atoms with van der Waals surface area (Å²) in [4.78, 5) is 12.6. The number of ether oxygens (including phenoxy) is 1. The molecule has 0 fully saturated rings. The molecule has 0 radical (unpaired) electrons. The fourth-order valence-corrected chi connectivity index (χ4v) is 4.47. The molecule has 2 aromatic heterocycles. The number of methoxy groups -OCH3 is 1. The van der Waals surface area contributed by atoms with Crippen LogP contribution in [0, 0.1) is 20.8 Å². The maximum absolute atomic E-state index is 12.6. The van der Waals surface area contributed by atoms with E-state index in [1.165, 1.54) is 11.8 Å². The van der Waals surface area contributed by atoms with Crippen molar-refractivity contribution in [3.63, 3.8) is 0 Å². The van der Waals surface area contributed by atoms with Gasteiger partial charge in [0.15, 0.2) is 5.16 Å². The lowest BCUT2D eigenvalue weighted by Gasteiger charge is -2.12. The SMILES string of the molecule is COc1ccccc1-n1c(C)nnc1SCC(=O)NCc1c(C)nn(-c2ccccc2)c1C. The first-order valence-electron chi connectivity index (χ1n) is 10.5. The molecule has 2 aromatic carbocycles. The van der Waals surface area contributed by atoms with E-state index in [0.717, 1.165) is 34.2 Å². The van der Waals surface area contributed by atoms with Crippen molar-refractivity contribution >= 4 is 17.7 Å². The molecule has 4 aromatic rings. The molecule has 1 amide bonds. The molecule has 0 bridgehead atoms. The average Bonchev–Trinajstić information content (AvgIpc) is 3.35. The summed E-state index contributed by atoms with van der Waals surface area (Å²) in [5.74, 6) is 1.58. The van der Waals surface area contributed by atoms with Crippen molar-refractivity contribution in [2.75, 3.05) is 12.9 Å². The highest BCUT2D eigenvalue weighted by Crippen LogP contribution is 2.28. The zero-order valence-electron chi connectivity index (χ0n) is 19.1. The Kier molecular flexibility index (Phi) is 6.79. The number of carbonyl (C=O) groups is 1. The number of aryl methyl sites for hydroxylation is 2. The number of hydrogen-bond acceptors (Lipinski definition) is 6. The van der Waals surface area contributed by atoms with E-state index < -0.39 is 0 Å². The zero-order chi connectivity index (χ0) is 23.4. The summed E-state index contributed by atoms with van der Waals surface area (Å²) in [7, 11) is 1.63. The Labute approximate surface area is 197 Å². The highest BCUT2D eigenvalue weighted by Gasteiger charge is 2.17. The topological polar surface area (TPSA) is 86.9 Å². The molecule has 33 heavy (non-hydrogen) atoms. The second kappa shape index (κ2) is 9.91. The maximum Gasteiger partial charge on any atom is 0.230 e. The molecule has 8 nitrogen and oxygen atoms in total. The second-order valence-electron chi connectivity index (χ2n) is 7.50. The van der Waals surface area contributed by atoms with Gasteiger partial charge in [-0.05, 0) is 45.0 Å². The lowest BCUT2D eigenvalue weighted by atomic mass is 10.2. The molecule has 0 aliphatic rings. The quantitative estimate of drug-likeness (QED) is 0.401. The first-order valence-corrected chi connectivity index (χ1v) is 11.5. The summed E-state index contributed by atoms with van der Waals surface area (Å²) in [5.41, 5.74) is 4.77. The maximum atomic E-state index is 12.6. The van der Waals surface area contributed by atoms with Crippen LogP contribution in [0.1, 0.15) is 22.8 Å². The fraction of sp³-hybridized carbons (Fsp3) is 0.250. The van der Waals surface area contributed by atoms with Crippen molar-refractivity contribution in [1.29, 1.82) is 0 Å². The number of rotatable bonds is 8. The molecule has 1 N–H and O–H groups in total. The number of nitrogens with one attached hydrogen (secondary N) is 1. The van der Waals surface area contributed by atoms with Gasteiger partial charge in [-0.1, -0.05) is 42.1 Å². The second-order valence-corrected chi connectivity index (χ2v) is 8.44. The van der Waals surface area contributed by atoms with E-state index in [9.17, 15) is 4.79 Å². The van der Waals surface area contributed by atoms with Crippen molar-refractivity contribution in [3.05, 3.63) is 77.4 Å². The van der Waals surface area contributed by atoms with E-state index >= 15 is 0 Å². The number of amides is 1. The smallest absolute Gasteiger partial charge is 0.230 e. The van der Waals surface area contributed by atoms with Crippen LogP contribution in [-0.4, -0.2) is 43.3 Å². The number of benzene rings is 2. The van der Waals surface area contributed by atoms with E-state index in [1.807, 2.05) is 84.6 Å². The molecule has 2 heterocycles. The molecule has 0 aliphatic heterocycles. The molecule has 9 heteroatoms. The summed E-state index contributed by atoms with van der Waals surface area (Å²) < 4.78 is 9.28. The van der Waals surface area contributed by atoms with E-state index in [2.05, 4.69) is 20.6 Å². The monoisotopic (exact) mass is 462 g/mol. The van der Waals surface area contributed by atoms with Gasteiger partial charge in [0.25, 0.3) is 0 Å². The Morgan fingerprint density at radius 1 is 1.03 bits per heavy atom. The van der Waals surface area contributed by atoms with Gasteiger partial charge in [0.2, 0.25) is 5.91 Å². The van der Waals surface area contributed by atoms with Crippen LogP contribution < -0.4 is 10.1 Å². The Morgan fingerprint density at radius 2 is 1.76 bits per heavy atom. The molecule has 0 aliphatic carbocycles. The van der Waals surface area contributed by atoms with Crippen LogP contribution in [0.25, 0.3) is 11.4 Å². The van der Waals surface area contributed by atoms with Gasteiger partial charge < -0.3 is 10.1 Å². The number of para-hydroxylation sites is 3. The third-order valence-electron chi connectivity index (χ3n) is 5.36. The van der Waals surface area contributed by atoms with Gasteiger partial charge in [0.1, 0.15) is 11.6 Å². The number of aromatic nitrogens is 5. The molecule has 0 spiro atoms. The Morgan fingerprint density at radius 3 is 2.52 bits per heavy atom. The predicted octanol–water partition coefficient (Wildman–Crippen LogP) is 3.80. The average molecular weight is 463 g/mol. The standard InChI is InChI=1S/C24H26N6O2S/c1-16-20(17(2)30(28-16)19-10-6-5-7-11-19)14-25-23(31)15-33-24-27-26-18(3)29(24)21-12-8-9-13-22(21)32-4/h5-13H,14-15H2,1-4H3,(H,25,31). The van der Waals surface area contributed by atoms with Gasteiger partial charge in [-0.3, -0.25) is 9.36 Å². The molecule has 4 rings (SSSR count). The van der Waals surface area contributed by atoms with Crippen molar-refractivity contribution in [2.45, 2.75) is 32.5 Å². The Bertz CT molecular complexity index is 1270. The lowest BCUT2D eigenvalue weighted by molar-refractivity contribution is -0.118. The molecule has 0 atom stereocenters. The van der Waals surface area contributed by atoms with Crippen LogP contribution in [-0.2, 0) is 11.3 Å². The van der Waals surface area contributed by atoms with Gasteiger partial charge in [-0.2, -0.15) is 5.10 Å². The summed E-state index contributed by atoms with van der Waals surface area (Å²) in [6, 6.07) is 17.6. The van der Waals surface area contributed by atoms with Gasteiger partial charge in [0, 0.05) is 17.8 Å². The van der Waals surface area contributed by atoms with E-state index in [4.69, 9.17) is 4.74 Å². The zero-order valence-corrected chi connectivity index (χ0v) is 19.9. The summed E-state index contributed by atoms with van der Waals surface area (Å²) in [5, 5.41) is 16.7. The first-order chi connectivity index (χ1) is 16.0. The molecule has 0 saturated carbocycles. The minimum atomic E-state index is -0.0847. The number of hydrogen-bond donors (Lipinski definition) is 1. The van der Waals surface area contributed by atoms with E-state index in [1.54, 1.807) is 7.11 Å². The van der Waals surface area contributed by atoms with Crippen LogP contribution in [0.4, 0.5) is 0 Å². The van der Waals surface area contributed by atoms with Crippen molar-refractivity contribution in [3.8, 4) is 17.1 Å². The Balaban J connectivity index is 1.42. The Hall–Kier alpha value is -3.59. The van der Waals surface area contributed by atoms with Crippen LogP contribution in [0.15, 0.2) is 59.8 Å². The number of nitrogens with zero attached hydrogens (tertiary/aromatic N) is 5. The summed E-state index contributed by atoms with van der Waals surface area (Å²) in [6.07, 6.45) is 0. The largest absolute Gasteiger partial charge is 0.495 e. The molecule has 0 saturated heterocycles. The third kappa shape index (κ3) is 4.78. The molecule has 170 valence electrons. The van der Waals surface area contributed by atoms with Crippen LogP contribution in [0.2, 0.25) is 0 Å². The summed E-state index contributed by atoms with van der Waals surface area (Å²) >= 11 is 1.34. The number of carbonyl (C=O) groups excluding carboxylic acids is 1. The number of thioether (sulfide) groups is 1. The van der Waals surface area contributed by atoms with Crippen molar-refractivity contribution in [1.82, 2.24) is 29.9 Å². The van der Waals surface area contributed by atoms with Gasteiger partial charge in [0.05, 0.1) is 29.9 Å². The van der Waals surface area contributed by atoms with Crippen molar-refractivity contribution in [2.24, 2.45) is 0 Å². The van der Waals surface area contributed by atoms with Gasteiger partial charge >= 0.3 is 0 Å². The third-order valence-corrected chi connectivity index (χ3v) is 6.29. The van der Waals surface area contributed by atoms with Crippen molar-refractivity contribution < 1.29 is 9.53 Å². The molecule has 0 unspecified atom stereocenters. The summed E-state index contributed by atoms with van der Waals surface area (Å²) in [6.45, 7) is 6.27. The molecular weight excluding hydrogens is 436 g/mol. The van der Waals surface area contributed by atoms with Gasteiger partial charge in [-0.25, -0.2) is 4.68 Å². The van der Waals surface area contributed by atoms with Gasteiger partial charge in [-0.15, -0.1) is 10.2 Å². The van der Waals surface area contributed by atoms with E-state index in [0.29, 0.717) is 17.5 Å². The highest BCUT2D eigenvalue weighted by molar-refractivity contribution is 7.99. The first kappa shape index (κ1) is 22.6. The molecular formula is C24H26N6O2S. The normalized spacial score (nSPS) is 10.9. The predicted molar refractivity (Wildman–Crippen MR) is 128 cm³/mol. The minimum absolute atomic E-state index is 0.0847. The van der Waals surface area contributed by atoms with Crippen LogP contribution >= 0.6 is 11.8 Å². The van der Waals surface area contributed by atoms with E-state index in [-0.39, 0.29) is 11.7 Å². The highest BCUT2D eigenvalue weighted by atomic mass is 32.2. The van der Waals surface area contributed by atoms with Crippen LogP contribution in [0.3, 0.4) is 0 Å². The lowest BCUT2D eigenvalue weighted by Crippen LogP contribution is -2.25. The fourth-order valence-electron chi connectivity index (χ4n) is 3.65.